The molecular weight excluding hydrogens is 483 g/mol. The first-order chi connectivity index (χ1) is 16.9. The number of nitrogens with zero attached hydrogens (tertiary/aromatic N) is 4. The van der Waals surface area contributed by atoms with Crippen LogP contribution in [0.2, 0.25) is 0 Å². The fourth-order valence-electron chi connectivity index (χ4n) is 4.33. The van der Waals surface area contributed by atoms with Gasteiger partial charge >= 0.3 is 0 Å². The Morgan fingerprint density at radius 2 is 1.81 bits per heavy atom. The first-order valence-electron chi connectivity index (χ1n) is 12.2. The molecule has 36 heavy (non-hydrogen) atoms. The molecular formula is C27H34F3N5S. The van der Waals surface area contributed by atoms with Crippen molar-refractivity contribution >= 4 is 38.9 Å². The van der Waals surface area contributed by atoms with Crippen LogP contribution in [0.1, 0.15) is 50.3 Å². The van der Waals surface area contributed by atoms with E-state index in [0.717, 1.165) is 53.8 Å². The van der Waals surface area contributed by atoms with Gasteiger partial charge in [0.1, 0.15) is 17.5 Å². The molecule has 2 aromatic heterocycles. The number of nitrogens with one attached hydrogen (secondary N) is 1. The predicted molar refractivity (Wildman–Crippen MR) is 145 cm³/mol. The summed E-state index contributed by atoms with van der Waals surface area (Å²) in [4.78, 5) is 16.2. The summed E-state index contributed by atoms with van der Waals surface area (Å²) in [6.45, 7) is 9.91. The van der Waals surface area contributed by atoms with Gasteiger partial charge in [0.2, 0.25) is 0 Å². The summed E-state index contributed by atoms with van der Waals surface area (Å²) < 4.78 is 45.2. The molecule has 1 fully saturated rings. The van der Waals surface area contributed by atoms with Gasteiger partial charge in [-0.2, -0.15) is 10.5 Å². The number of fused-ring (bicyclic) bond motifs is 1. The summed E-state index contributed by atoms with van der Waals surface area (Å²) in [6, 6.07) is 6.20. The molecule has 4 rings (SSSR count). The second-order valence-electron chi connectivity index (χ2n) is 10.3. The fraction of sp³-hybridized carbons (Fsp3) is 0.481. The monoisotopic (exact) mass is 517 g/mol. The quantitative estimate of drug-likeness (QED) is 0.389. The second kappa shape index (κ2) is 10.00. The average Bonchev–Trinajstić information content (AvgIpc) is 2.82. The number of aryl methyl sites for hydroxylation is 2. The van der Waals surface area contributed by atoms with Crippen molar-refractivity contribution < 1.29 is 13.2 Å². The molecule has 3 aromatic rings. The molecule has 194 valence electrons. The maximum absolute atomic E-state index is 15.3. The van der Waals surface area contributed by atoms with Crippen LogP contribution in [0.15, 0.2) is 24.3 Å². The van der Waals surface area contributed by atoms with E-state index in [2.05, 4.69) is 39.0 Å². The maximum Gasteiger partial charge on any atom is 0.280 e. The Labute approximate surface area is 213 Å². The van der Waals surface area contributed by atoms with Gasteiger partial charge in [-0.15, -0.1) is 0 Å². The summed E-state index contributed by atoms with van der Waals surface area (Å²) in [5.74, 6) is 3.13. The van der Waals surface area contributed by atoms with E-state index in [1.807, 2.05) is 0 Å². The topological polar surface area (TPSA) is 53.9 Å². The Kier molecular flexibility index (Phi) is 7.33. The number of anilines is 2. The van der Waals surface area contributed by atoms with Gasteiger partial charge in [0.15, 0.2) is 5.65 Å². The summed E-state index contributed by atoms with van der Waals surface area (Å²) in [5, 5.41) is 3.90. The van der Waals surface area contributed by atoms with Crippen LogP contribution < -0.4 is 10.2 Å². The van der Waals surface area contributed by atoms with Crippen LogP contribution in [0.4, 0.5) is 24.7 Å². The lowest BCUT2D eigenvalue weighted by atomic mass is 9.83. The molecule has 1 N–H and O–H groups in total. The minimum Gasteiger partial charge on any atom is -0.368 e. The summed E-state index contributed by atoms with van der Waals surface area (Å²) in [7, 11) is 0.193. The van der Waals surface area contributed by atoms with Crippen LogP contribution in [0.25, 0.3) is 11.0 Å². The van der Waals surface area contributed by atoms with Crippen molar-refractivity contribution in [3.8, 4) is 0 Å². The number of pyridine rings is 1. The van der Waals surface area contributed by atoms with Gasteiger partial charge < -0.3 is 10.2 Å². The average molecular weight is 518 g/mol. The molecule has 1 aliphatic rings. The van der Waals surface area contributed by atoms with E-state index >= 15 is 4.39 Å². The van der Waals surface area contributed by atoms with Crippen LogP contribution in [0, 0.1) is 18.2 Å². The second-order valence-corrected chi connectivity index (χ2v) is 12.3. The molecule has 1 aliphatic heterocycles. The molecule has 0 unspecified atom stereocenters. The Balaban J connectivity index is 1.70. The van der Waals surface area contributed by atoms with E-state index in [-0.39, 0.29) is 22.6 Å². The molecule has 0 amide bonds. The Hall–Kier alpha value is -2.68. The zero-order valence-corrected chi connectivity index (χ0v) is 22.4. The van der Waals surface area contributed by atoms with Gasteiger partial charge in [0.25, 0.3) is 5.92 Å². The van der Waals surface area contributed by atoms with Crippen LogP contribution in [-0.2, 0) is 18.9 Å². The first kappa shape index (κ1) is 26.4. The van der Waals surface area contributed by atoms with Crippen molar-refractivity contribution in [3.63, 3.8) is 0 Å². The SMILES string of the molecule is C=S1CCN(c2cc3c(NCc4cccc(C(F)(F)C(C)(C)C)c4F)nc(C)nc3nc2CC)CC1. The minimum atomic E-state index is -3.32. The zero-order valence-electron chi connectivity index (χ0n) is 21.6. The van der Waals surface area contributed by atoms with Crippen LogP contribution in [-0.4, -0.2) is 45.4 Å². The van der Waals surface area contributed by atoms with Crippen LogP contribution >= 0.6 is 10.5 Å². The summed E-state index contributed by atoms with van der Waals surface area (Å²) >= 11 is 0. The number of halogens is 3. The van der Waals surface area contributed by atoms with Crippen LogP contribution in [0.3, 0.4) is 0 Å². The third-order valence-electron chi connectivity index (χ3n) is 6.64. The van der Waals surface area contributed by atoms with E-state index in [0.29, 0.717) is 17.3 Å². The molecule has 9 heteroatoms. The van der Waals surface area contributed by atoms with Gasteiger partial charge in [-0.1, -0.05) is 51.8 Å². The van der Waals surface area contributed by atoms with Crippen molar-refractivity contribution in [3.05, 3.63) is 52.7 Å². The van der Waals surface area contributed by atoms with E-state index < -0.39 is 22.7 Å². The normalized spacial score (nSPS) is 15.5. The molecule has 0 saturated carbocycles. The summed E-state index contributed by atoms with van der Waals surface area (Å²) in [5.41, 5.74) is 0.729. The van der Waals surface area contributed by atoms with E-state index in [9.17, 15) is 8.78 Å². The number of rotatable bonds is 6. The molecule has 0 atom stereocenters. The van der Waals surface area contributed by atoms with Gasteiger partial charge in [-0.3, -0.25) is 0 Å². The fourth-order valence-corrected chi connectivity index (χ4v) is 5.49. The van der Waals surface area contributed by atoms with Gasteiger partial charge in [0.05, 0.1) is 22.3 Å². The number of aromatic nitrogens is 3. The zero-order chi connectivity index (χ0) is 26.3. The third kappa shape index (κ3) is 5.08. The van der Waals surface area contributed by atoms with Crippen molar-refractivity contribution in [2.75, 3.05) is 34.8 Å². The minimum absolute atomic E-state index is 0.00430. The van der Waals surface area contributed by atoms with Gasteiger partial charge in [-0.05, 0) is 19.4 Å². The molecule has 0 aliphatic carbocycles. The smallest absolute Gasteiger partial charge is 0.280 e. The highest BCUT2D eigenvalue weighted by Crippen LogP contribution is 2.45. The van der Waals surface area contributed by atoms with Gasteiger partial charge in [-0.25, -0.2) is 28.1 Å². The molecule has 1 saturated heterocycles. The molecule has 1 aromatic carbocycles. The van der Waals surface area contributed by atoms with Crippen molar-refractivity contribution in [2.24, 2.45) is 5.41 Å². The number of benzene rings is 1. The van der Waals surface area contributed by atoms with E-state index in [4.69, 9.17) is 4.98 Å². The van der Waals surface area contributed by atoms with Crippen molar-refractivity contribution in [1.82, 2.24) is 15.0 Å². The molecule has 5 nitrogen and oxygen atoms in total. The highest BCUT2D eigenvalue weighted by Gasteiger charge is 2.46. The summed E-state index contributed by atoms with van der Waals surface area (Å²) in [6.07, 6.45) is 0.768. The largest absolute Gasteiger partial charge is 0.368 e. The Bertz CT molecular complexity index is 1290. The lowest BCUT2D eigenvalue weighted by Gasteiger charge is -2.32. The number of hydrogen-bond donors (Lipinski definition) is 1. The molecule has 3 heterocycles. The maximum atomic E-state index is 15.3. The third-order valence-corrected chi connectivity index (χ3v) is 8.16. The molecule has 0 radical (unpaired) electrons. The van der Waals surface area contributed by atoms with Crippen molar-refractivity contribution in [1.29, 1.82) is 0 Å². The van der Waals surface area contributed by atoms with E-state index in [1.165, 1.54) is 32.9 Å². The van der Waals surface area contributed by atoms with Gasteiger partial charge in [0, 0.05) is 42.1 Å². The van der Waals surface area contributed by atoms with E-state index in [1.54, 1.807) is 6.92 Å². The first-order valence-corrected chi connectivity index (χ1v) is 14.0. The standard InChI is InChI=1S/C27H34F3N5S/c1-7-21-22(35-11-13-36(6)14-12-35)15-19-24(32-17(2)33-25(19)34-21)31-16-18-9-8-10-20(23(18)28)27(29,30)26(3,4)5/h8-10,15H,6-7,11-14,16H2,1-5H3,(H,31,32,33,34). The number of alkyl halides is 2. The highest BCUT2D eigenvalue weighted by molar-refractivity contribution is 8.14. The predicted octanol–water partition coefficient (Wildman–Crippen LogP) is 6.31. The Morgan fingerprint density at radius 1 is 1.11 bits per heavy atom. The highest BCUT2D eigenvalue weighted by atomic mass is 32.2. The molecule has 0 bridgehead atoms. The molecule has 0 spiro atoms. The number of hydrogen-bond acceptors (Lipinski definition) is 5. The lowest BCUT2D eigenvalue weighted by molar-refractivity contribution is -0.107. The Morgan fingerprint density at radius 3 is 2.44 bits per heavy atom. The van der Waals surface area contributed by atoms with Crippen LogP contribution in [0.5, 0.6) is 0 Å². The van der Waals surface area contributed by atoms with Crippen molar-refractivity contribution in [2.45, 2.75) is 53.5 Å². The lowest BCUT2D eigenvalue weighted by Crippen LogP contribution is -2.34.